The van der Waals surface area contributed by atoms with E-state index in [-0.39, 0.29) is 18.1 Å². The third kappa shape index (κ3) is 4.00. The fraction of sp³-hybridized carbons (Fsp3) is 0.211. The highest BCUT2D eigenvalue weighted by Crippen LogP contribution is 2.34. The molecule has 2 aromatic carbocycles. The lowest BCUT2D eigenvalue weighted by Gasteiger charge is -2.33. The van der Waals surface area contributed by atoms with E-state index in [4.69, 9.17) is 12.2 Å². The van der Waals surface area contributed by atoms with Crippen LogP contribution >= 0.6 is 12.2 Å². The molecule has 134 valence electrons. The molecule has 0 saturated heterocycles. The smallest absolute Gasteiger partial charge is 0.123 e. The molecule has 0 spiro atoms. The number of aliphatic hydroxyl groups is 1. The Bertz CT molecular complexity index is 878. The summed E-state index contributed by atoms with van der Waals surface area (Å²) < 4.78 is 26.5. The third-order valence-electron chi connectivity index (χ3n) is 4.23. The monoisotopic (exact) mass is 373 g/mol. The summed E-state index contributed by atoms with van der Waals surface area (Å²) in [6.07, 6.45) is 1.78. The third-order valence-corrected chi connectivity index (χ3v) is 4.68. The number of benzene rings is 2. The Labute approximate surface area is 154 Å². The van der Waals surface area contributed by atoms with Crippen molar-refractivity contribution in [2.75, 3.05) is 0 Å². The van der Waals surface area contributed by atoms with Gasteiger partial charge in [-0.1, -0.05) is 41.7 Å². The first-order valence-electron chi connectivity index (χ1n) is 8.00. The number of halogens is 2. The molecule has 26 heavy (non-hydrogen) atoms. The van der Waals surface area contributed by atoms with E-state index in [0.717, 1.165) is 5.56 Å². The maximum absolute atomic E-state index is 13.3. The predicted molar refractivity (Wildman–Crippen MR) is 98.0 cm³/mol. The first-order valence-corrected chi connectivity index (χ1v) is 8.40. The Balaban J connectivity index is 1.99. The largest absolute Gasteiger partial charge is 0.389 e. The standard InChI is InChI=1S/C19H17F2N3OS/c1-19(25,10-12-2-6-14(20)7-3-12)17(13-4-8-15(21)9-5-13)18(26)16-11-22-24-23-16/h2-9,11,17,25H,10H2,1H3,(H,22,23,24). The number of thiocarbonyl (C=S) groups is 1. The Kier molecular flexibility index (Phi) is 5.20. The van der Waals surface area contributed by atoms with Gasteiger partial charge in [-0.25, -0.2) is 8.78 Å². The van der Waals surface area contributed by atoms with Gasteiger partial charge in [-0.3, -0.25) is 5.10 Å². The second-order valence-corrected chi connectivity index (χ2v) is 6.81. The zero-order chi connectivity index (χ0) is 18.7. The molecule has 0 bridgehead atoms. The van der Waals surface area contributed by atoms with Gasteiger partial charge in [0.05, 0.1) is 22.6 Å². The molecular formula is C19H17F2N3OS. The maximum atomic E-state index is 13.3. The van der Waals surface area contributed by atoms with E-state index in [2.05, 4.69) is 15.4 Å². The van der Waals surface area contributed by atoms with Crippen molar-refractivity contribution in [3.63, 3.8) is 0 Å². The Morgan fingerprint density at radius 2 is 1.69 bits per heavy atom. The summed E-state index contributed by atoms with van der Waals surface area (Å²) in [5, 5.41) is 21.5. The molecule has 7 heteroatoms. The summed E-state index contributed by atoms with van der Waals surface area (Å²) in [7, 11) is 0. The van der Waals surface area contributed by atoms with E-state index in [9.17, 15) is 13.9 Å². The van der Waals surface area contributed by atoms with Crippen LogP contribution in [0.15, 0.2) is 54.7 Å². The minimum atomic E-state index is -1.31. The van der Waals surface area contributed by atoms with Crippen LogP contribution in [0.4, 0.5) is 8.78 Å². The van der Waals surface area contributed by atoms with E-state index in [1.165, 1.54) is 24.3 Å². The van der Waals surface area contributed by atoms with Crippen molar-refractivity contribution >= 4 is 17.1 Å². The second-order valence-electron chi connectivity index (χ2n) is 6.37. The predicted octanol–water partition coefficient (Wildman–Crippen LogP) is 3.58. The minimum Gasteiger partial charge on any atom is -0.389 e. The van der Waals surface area contributed by atoms with Crippen LogP contribution in [0, 0.1) is 11.6 Å². The van der Waals surface area contributed by atoms with Crippen LogP contribution in [0.1, 0.15) is 29.7 Å². The molecule has 2 unspecified atom stereocenters. The van der Waals surface area contributed by atoms with Gasteiger partial charge in [-0.2, -0.15) is 0 Å². The van der Waals surface area contributed by atoms with Gasteiger partial charge in [0.15, 0.2) is 0 Å². The molecule has 0 amide bonds. The lowest BCUT2D eigenvalue weighted by molar-refractivity contribution is 0.0518. The van der Waals surface area contributed by atoms with Gasteiger partial charge in [0.2, 0.25) is 0 Å². The van der Waals surface area contributed by atoms with Gasteiger partial charge in [-0.05, 0) is 42.3 Å². The SMILES string of the molecule is CC(O)(Cc1ccc(F)cc1)C(C(=S)c1c[nH]nn1)c1ccc(F)cc1. The van der Waals surface area contributed by atoms with Gasteiger partial charge < -0.3 is 5.11 Å². The van der Waals surface area contributed by atoms with E-state index in [1.54, 1.807) is 37.4 Å². The number of aromatic nitrogens is 3. The molecule has 0 aliphatic rings. The molecule has 0 saturated carbocycles. The molecule has 2 atom stereocenters. The molecule has 1 aromatic heterocycles. The molecular weight excluding hydrogens is 356 g/mol. The van der Waals surface area contributed by atoms with Gasteiger partial charge in [0, 0.05) is 6.42 Å². The van der Waals surface area contributed by atoms with Crippen molar-refractivity contribution in [3.05, 3.63) is 83.2 Å². The number of nitrogens with zero attached hydrogens (tertiary/aromatic N) is 2. The van der Waals surface area contributed by atoms with Crippen molar-refractivity contribution in [3.8, 4) is 0 Å². The van der Waals surface area contributed by atoms with Crippen LogP contribution in [-0.4, -0.2) is 31.0 Å². The number of aromatic amines is 1. The van der Waals surface area contributed by atoms with Crippen LogP contribution in [-0.2, 0) is 6.42 Å². The van der Waals surface area contributed by atoms with E-state index in [0.29, 0.717) is 16.1 Å². The first-order chi connectivity index (χ1) is 12.4. The lowest BCUT2D eigenvalue weighted by Crippen LogP contribution is -2.39. The van der Waals surface area contributed by atoms with Crippen molar-refractivity contribution in [2.45, 2.75) is 24.9 Å². The summed E-state index contributed by atoms with van der Waals surface area (Å²) in [6, 6.07) is 11.7. The van der Waals surface area contributed by atoms with Crippen molar-refractivity contribution in [1.82, 2.24) is 15.4 Å². The van der Waals surface area contributed by atoms with Gasteiger partial charge >= 0.3 is 0 Å². The average molecular weight is 373 g/mol. The summed E-state index contributed by atoms with van der Waals surface area (Å²) in [6.45, 7) is 1.65. The molecule has 0 aliphatic heterocycles. The quantitative estimate of drug-likeness (QED) is 0.512. The van der Waals surface area contributed by atoms with Crippen LogP contribution in [0.3, 0.4) is 0 Å². The van der Waals surface area contributed by atoms with Crippen LogP contribution in [0.25, 0.3) is 0 Å². The second kappa shape index (κ2) is 7.39. The lowest BCUT2D eigenvalue weighted by atomic mass is 9.77. The van der Waals surface area contributed by atoms with Crippen molar-refractivity contribution in [1.29, 1.82) is 0 Å². The molecule has 0 fully saturated rings. The van der Waals surface area contributed by atoms with Crippen LogP contribution in [0.5, 0.6) is 0 Å². The highest BCUT2D eigenvalue weighted by Gasteiger charge is 2.37. The van der Waals surface area contributed by atoms with E-state index < -0.39 is 11.5 Å². The topological polar surface area (TPSA) is 61.8 Å². The van der Waals surface area contributed by atoms with Gasteiger partial charge in [0.25, 0.3) is 0 Å². The summed E-state index contributed by atoms with van der Waals surface area (Å²) in [5.41, 5.74) is 0.540. The molecule has 3 rings (SSSR count). The molecule has 1 heterocycles. The fourth-order valence-electron chi connectivity index (χ4n) is 3.04. The summed E-state index contributed by atoms with van der Waals surface area (Å²) >= 11 is 5.56. The highest BCUT2D eigenvalue weighted by molar-refractivity contribution is 7.81. The highest BCUT2D eigenvalue weighted by atomic mass is 32.1. The number of nitrogens with one attached hydrogen (secondary N) is 1. The summed E-state index contributed by atoms with van der Waals surface area (Å²) in [5.74, 6) is -1.35. The molecule has 3 aromatic rings. The number of hydrogen-bond donors (Lipinski definition) is 2. The van der Waals surface area contributed by atoms with Gasteiger partial charge in [-0.15, -0.1) is 5.10 Å². The van der Waals surface area contributed by atoms with Gasteiger partial charge in [0.1, 0.15) is 17.3 Å². The number of H-pyrrole nitrogens is 1. The zero-order valence-electron chi connectivity index (χ0n) is 14.0. The number of rotatable bonds is 6. The Morgan fingerprint density at radius 3 is 2.23 bits per heavy atom. The van der Waals surface area contributed by atoms with E-state index >= 15 is 0 Å². The van der Waals surface area contributed by atoms with Crippen molar-refractivity contribution in [2.24, 2.45) is 0 Å². The van der Waals surface area contributed by atoms with E-state index in [1.807, 2.05) is 0 Å². The molecule has 0 aliphatic carbocycles. The number of hydrogen-bond acceptors (Lipinski definition) is 4. The Hall–Kier alpha value is -2.51. The summed E-state index contributed by atoms with van der Waals surface area (Å²) in [4.78, 5) is 0.387. The normalized spacial score (nSPS) is 14.6. The molecule has 0 radical (unpaired) electrons. The van der Waals surface area contributed by atoms with Crippen LogP contribution < -0.4 is 0 Å². The maximum Gasteiger partial charge on any atom is 0.123 e. The Morgan fingerprint density at radius 1 is 1.12 bits per heavy atom. The molecule has 4 nitrogen and oxygen atoms in total. The molecule has 2 N–H and O–H groups in total. The first kappa shape index (κ1) is 18.3. The minimum absolute atomic E-state index is 0.229. The average Bonchev–Trinajstić information content (AvgIpc) is 3.13. The zero-order valence-corrected chi connectivity index (χ0v) is 14.8. The van der Waals surface area contributed by atoms with Crippen LogP contribution in [0.2, 0.25) is 0 Å². The van der Waals surface area contributed by atoms with Crippen molar-refractivity contribution < 1.29 is 13.9 Å². The fourth-order valence-corrected chi connectivity index (χ4v) is 3.53.